The van der Waals surface area contributed by atoms with Gasteiger partial charge in [0.2, 0.25) is 5.82 Å². The van der Waals surface area contributed by atoms with Crippen LogP contribution in [-0.2, 0) is 4.79 Å². The highest BCUT2D eigenvalue weighted by molar-refractivity contribution is 14.1. The molecule has 0 radical (unpaired) electrons. The molecule has 44 heavy (non-hydrogen) atoms. The zero-order chi connectivity index (χ0) is 30.8. The lowest BCUT2D eigenvalue weighted by Crippen LogP contribution is -2.21. The topological polar surface area (TPSA) is 108 Å². The molecule has 0 aliphatic carbocycles. The Morgan fingerprint density at radius 1 is 1.09 bits per heavy atom. The molecular formula is C33H24BrIN4O5. The van der Waals surface area contributed by atoms with Crippen LogP contribution in [0.3, 0.4) is 0 Å². The first-order valence-electron chi connectivity index (χ1n) is 13.4. The molecule has 6 rings (SSSR count). The molecule has 0 saturated carbocycles. The second kappa shape index (κ2) is 12.6. The second-order valence-corrected chi connectivity index (χ2v) is 11.9. The molecule has 9 nitrogen and oxygen atoms in total. The Morgan fingerprint density at radius 3 is 2.70 bits per heavy atom. The lowest BCUT2D eigenvalue weighted by atomic mass is 10.2. The number of hydrogen-bond acceptors (Lipinski definition) is 7. The van der Waals surface area contributed by atoms with E-state index in [0.717, 1.165) is 21.1 Å². The van der Waals surface area contributed by atoms with Crippen molar-refractivity contribution in [2.45, 2.75) is 6.92 Å². The Kier molecular flexibility index (Phi) is 8.49. The van der Waals surface area contributed by atoms with Crippen molar-refractivity contribution in [3.05, 3.63) is 114 Å². The van der Waals surface area contributed by atoms with E-state index in [4.69, 9.17) is 18.9 Å². The maximum absolute atomic E-state index is 13.6. The van der Waals surface area contributed by atoms with Gasteiger partial charge in [-0.1, -0.05) is 46.3 Å². The monoisotopic (exact) mass is 762 g/mol. The molecule has 0 saturated heterocycles. The molecule has 0 spiro atoms. The molecular weight excluding hydrogens is 739 g/mol. The van der Waals surface area contributed by atoms with E-state index < -0.39 is 0 Å². The number of halogens is 2. The molecule has 0 aliphatic rings. The standard InChI is InChI=1S/C33H24BrIN4O5/c1-19-7-3-5-9-25(19)37-30(40)18-43-31-24(35)13-20(14-28(31)42-2)17-36-39-32(38-26-10-6-4-8-23(26)33(39)41)29-16-21-15-22(34)11-12-27(21)44-29/h3-17H,18H2,1-2H3,(H,37,40). The summed E-state index contributed by atoms with van der Waals surface area (Å²) in [7, 11) is 1.52. The molecule has 0 fully saturated rings. The van der Waals surface area contributed by atoms with E-state index in [1.165, 1.54) is 11.8 Å². The van der Waals surface area contributed by atoms with Crippen LogP contribution in [-0.4, -0.2) is 35.5 Å². The minimum atomic E-state index is -0.343. The average Bonchev–Trinajstić information content (AvgIpc) is 3.44. The number of amides is 1. The van der Waals surface area contributed by atoms with Crippen LogP contribution in [0.2, 0.25) is 0 Å². The van der Waals surface area contributed by atoms with E-state index in [2.05, 4.69) is 48.9 Å². The number of nitrogens with zero attached hydrogens (tertiary/aromatic N) is 3. The Morgan fingerprint density at radius 2 is 1.89 bits per heavy atom. The van der Waals surface area contributed by atoms with Gasteiger partial charge in [0.1, 0.15) is 5.58 Å². The molecule has 220 valence electrons. The lowest BCUT2D eigenvalue weighted by Gasteiger charge is -2.14. The van der Waals surface area contributed by atoms with Crippen molar-refractivity contribution in [2.75, 3.05) is 19.0 Å². The number of anilines is 1. The van der Waals surface area contributed by atoms with E-state index in [9.17, 15) is 9.59 Å². The number of methoxy groups -OCH3 is 1. The summed E-state index contributed by atoms with van der Waals surface area (Å²) in [6.07, 6.45) is 1.54. The number of nitrogens with one attached hydrogen (secondary N) is 1. The van der Waals surface area contributed by atoms with Crippen LogP contribution in [0, 0.1) is 10.5 Å². The number of hydrogen-bond donors (Lipinski definition) is 1. The molecule has 1 N–H and O–H groups in total. The molecule has 6 aromatic rings. The van der Waals surface area contributed by atoms with Crippen LogP contribution in [0.4, 0.5) is 5.69 Å². The van der Waals surface area contributed by atoms with E-state index in [1.54, 1.807) is 30.5 Å². The van der Waals surface area contributed by atoms with Crippen LogP contribution in [0.25, 0.3) is 33.5 Å². The molecule has 0 atom stereocenters. The van der Waals surface area contributed by atoms with Crippen molar-refractivity contribution in [3.8, 4) is 23.1 Å². The van der Waals surface area contributed by atoms with Crippen LogP contribution in [0.5, 0.6) is 11.5 Å². The summed E-state index contributed by atoms with van der Waals surface area (Å²) < 4.78 is 20.4. The van der Waals surface area contributed by atoms with E-state index in [-0.39, 0.29) is 23.9 Å². The van der Waals surface area contributed by atoms with Crippen LogP contribution < -0.4 is 20.3 Å². The SMILES string of the molecule is COc1cc(C=Nn2c(-c3cc4cc(Br)ccc4o3)nc3ccccc3c2=O)cc(I)c1OCC(=O)Nc1ccccc1C. The molecule has 2 heterocycles. The number of rotatable bonds is 8. The third-order valence-electron chi connectivity index (χ3n) is 6.79. The fourth-order valence-corrected chi connectivity index (χ4v) is 5.79. The number of benzene rings is 4. The predicted octanol–water partition coefficient (Wildman–Crippen LogP) is 7.39. The number of para-hydroxylation sites is 2. The van der Waals surface area contributed by atoms with Gasteiger partial charge in [0, 0.05) is 15.5 Å². The lowest BCUT2D eigenvalue weighted by molar-refractivity contribution is -0.118. The van der Waals surface area contributed by atoms with Gasteiger partial charge in [0.05, 0.1) is 27.8 Å². The summed E-state index contributed by atoms with van der Waals surface area (Å²) in [5.74, 6) is 1.20. The van der Waals surface area contributed by atoms with Gasteiger partial charge in [0.15, 0.2) is 23.9 Å². The van der Waals surface area contributed by atoms with Crippen molar-refractivity contribution in [1.29, 1.82) is 0 Å². The van der Waals surface area contributed by atoms with Crippen LogP contribution in [0.15, 0.2) is 104 Å². The Labute approximate surface area is 273 Å². The van der Waals surface area contributed by atoms with Crippen LogP contribution >= 0.6 is 38.5 Å². The third-order valence-corrected chi connectivity index (χ3v) is 8.09. The second-order valence-electron chi connectivity index (χ2n) is 9.79. The quantitative estimate of drug-likeness (QED) is 0.128. The number of ether oxygens (including phenoxy) is 2. The fourth-order valence-electron chi connectivity index (χ4n) is 4.63. The largest absolute Gasteiger partial charge is 0.493 e. The van der Waals surface area contributed by atoms with Crippen molar-refractivity contribution in [3.63, 3.8) is 0 Å². The van der Waals surface area contributed by atoms with Gasteiger partial charge in [-0.3, -0.25) is 9.59 Å². The maximum atomic E-state index is 13.6. The van der Waals surface area contributed by atoms with Gasteiger partial charge >= 0.3 is 0 Å². The Hall–Kier alpha value is -4.49. The fraction of sp³-hybridized carbons (Fsp3) is 0.0909. The van der Waals surface area contributed by atoms with Crippen molar-refractivity contribution in [2.24, 2.45) is 5.10 Å². The maximum Gasteiger partial charge on any atom is 0.282 e. The normalized spacial score (nSPS) is 11.4. The van der Waals surface area contributed by atoms with E-state index in [1.807, 2.05) is 67.6 Å². The first kappa shape index (κ1) is 29.6. The van der Waals surface area contributed by atoms with Gasteiger partial charge in [-0.25, -0.2) is 4.98 Å². The zero-order valence-electron chi connectivity index (χ0n) is 23.5. The summed E-state index contributed by atoms with van der Waals surface area (Å²) in [5, 5.41) is 8.69. The smallest absolute Gasteiger partial charge is 0.282 e. The summed E-state index contributed by atoms with van der Waals surface area (Å²) in [4.78, 5) is 30.9. The average molecular weight is 763 g/mol. The first-order valence-corrected chi connectivity index (χ1v) is 15.3. The molecule has 1 amide bonds. The number of carbonyl (C=O) groups excluding carboxylic acids is 1. The van der Waals surface area contributed by atoms with Crippen molar-refractivity contribution >= 4 is 78.2 Å². The van der Waals surface area contributed by atoms with Crippen molar-refractivity contribution in [1.82, 2.24) is 9.66 Å². The molecule has 0 unspecified atom stereocenters. The summed E-state index contributed by atoms with van der Waals surface area (Å²) in [6, 6.07) is 25.6. The number of furan rings is 1. The number of aryl methyl sites for hydroxylation is 1. The van der Waals surface area contributed by atoms with Gasteiger partial charge in [0.25, 0.3) is 11.5 Å². The number of carbonyl (C=O) groups is 1. The number of aromatic nitrogens is 2. The summed E-state index contributed by atoms with van der Waals surface area (Å²) in [5.41, 5.74) is 3.16. The van der Waals surface area contributed by atoms with E-state index in [0.29, 0.717) is 42.9 Å². The van der Waals surface area contributed by atoms with Crippen molar-refractivity contribution < 1.29 is 18.7 Å². The third kappa shape index (κ3) is 6.10. The molecule has 0 bridgehead atoms. The minimum absolute atomic E-state index is 0.205. The van der Waals surface area contributed by atoms with Gasteiger partial charge in [-0.2, -0.15) is 9.78 Å². The summed E-state index contributed by atoms with van der Waals surface area (Å²) >= 11 is 5.60. The molecule has 2 aromatic heterocycles. The predicted molar refractivity (Wildman–Crippen MR) is 183 cm³/mol. The van der Waals surface area contributed by atoms with E-state index >= 15 is 0 Å². The minimum Gasteiger partial charge on any atom is -0.493 e. The molecule has 11 heteroatoms. The Bertz CT molecular complexity index is 2140. The van der Waals surface area contributed by atoms with Crippen LogP contribution in [0.1, 0.15) is 11.1 Å². The highest BCUT2D eigenvalue weighted by atomic mass is 127. The molecule has 4 aromatic carbocycles. The van der Waals surface area contributed by atoms with Gasteiger partial charge < -0.3 is 19.2 Å². The van der Waals surface area contributed by atoms with Gasteiger partial charge in [-0.05, 0) is 95.2 Å². The summed E-state index contributed by atoms with van der Waals surface area (Å²) in [6.45, 7) is 1.72. The highest BCUT2D eigenvalue weighted by Gasteiger charge is 2.18. The number of fused-ring (bicyclic) bond motifs is 2. The Balaban J connectivity index is 1.32. The highest BCUT2D eigenvalue weighted by Crippen LogP contribution is 2.34. The molecule has 0 aliphatic heterocycles. The first-order chi connectivity index (χ1) is 21.3. The van der Waals surface area contributed by atoms with Gasteiger partial charge in [-0.15, -0.1) is 0 Å². The zero-order valence-corrected chi connectivity index (χ0v) is 27.2.